The van der Waals surface area contributed by atoms with Gasteiger partial charge in [-0.1, -0.05) is 29.3 Å². The molecule has 1 heterocycles. The maximum atomic E-state index is 11.0. The van der Waals surface area contributed by atoms with Crippen LogP contribution in [-0.2, 0) is 0 Å². The minimum Gasteiger partial charge on any atom is -0.432 e. The van der Waals surface area contributed by atoms with Crippen molar-refractivity contribution in [2.24, 2.45) is 5.84 Å². The molecule has 0 amide bonds. The Bertz CT molecular complexity index is 666. The number of anilines is 1. The van der Waals surface area contributed by atoms with Crippen LogP contribution >= 0.6 is 23.2 Å². The van der Waals surface area contributed by atoms with E-state index in [4.69, 9.17) is 33.8 Å². The summed E-state index contributed by atoms with van der Waals surface area (Å²) in [5.74, 6) is 5.63. The summed E-state index contributed by atoms with van der Waals surface area (Å²) in [5, 5.41) is 11.2. The molecule has 0 aliphatic heterocycles. The summed E-state index contributed by atoms with van der Waals surface area (Å²) in [6.45, 7) is 0. The summed E-state index contributed by atoms with van der Waals surface area (Å²) in [6, 6.07) is 7.13. The van der Waals surface area contributed by atoms with Crippen molar-refractivity contribution in [1.29, 1.82) is 0 Å². The Hall–Kier alpha value is -2.09. The summed E-state index contributed by atoms with van der Waals surface area (Å²) >= 11 is 11.6. The van der Waals surface area contributed by atoms with E-state index in [2.05, 4.69) is 10.4 Å². The summed E-state index contributed by atoms with van der Waals surface area (Å²) in [4.78, 5) is 14.3. The zero-order valence-corrected chi connectivity index (χ0v) is 11.4. The van der Waals surface area contributed by atoms with Gasteiger partial charge in [0.25, 0.3) is 0 Å². The van der Waals surface area contributed by atoms with Gasteiger partial charge in [0.15, 0.2) is 0 Å². The third kappa shape index (κ3) is 3.08. The van der Waals surface area contributed by atoms with Crippen LogP contribution in [0.3, 0.4) is 0 Å². The van der Waals surface area contributed by atoms with Crippen LogP contribution in [0.4, 0.5) is 11.5 Å². The summed E-state index contributed by atoms with van der Waals surface area (Å²) in [7, 11) is 0. The molecule has 0 aliphatic carbocycles. The van der Waals surface area contributed by atoms with Crippen LogP contribution in [0.1, 0.15) is 0 Å². The van der Waals surface area contributed by atoms with Crippen LogP contribution in [-0.4, -0.2) is 9.91 Å². The molecule has 0 saturated carbocycles. The van der Waals surface area contributed by atoms with Crippen LogP contribution in [0.25, 0.3) is 0 Å². The highest BCUT2D eigenvalue weighted by atomic mass is 35.5. The minimum absolute atomic E-state index is 0.0638. The SMILES string of the molecule is NNc1cccc(Oc2cc(Cl)c(Cl)cc2[N+](=O)[O-])n1. The van der Waals surface area contributed by atoms with Gasteiger partial charge in [0.05, 0.1) is 15.0 Å². The van der Waals surface area contributed by atoms with Crippen molar-refractivity contribution in [3.8, 4) is 11.6 Å². The Labute approximate surface area is 123 Å². The Morgan fingerprint density at radius 1 is 1.30 bits per heavy atom. The first-order valence-electron chi connectivity index (χ1n) is 5.26. The molecular weight excluding hydrogens is 307 g/mol. The van der Waals surface area contributed by atoms with E-state index < -0.39 is 4.92 Å². The fourth-order valence-corrected chi connectivity index (χ4v) is 1.72. The maximum absolute atomic E-state index is 11.0. The largest absolute Gasteiger partial charge is 0.432 e. The fourth-order valence-electron chi connectivity index (χ4n) is 1.41. The number of rotatable bonds is 4. The molecule has 7 nitrogen and oxygen atoms in total. The maximum Gasteiger partial charge on any atom is 0.313 e. The normalized spacial score (nSPS) is 10.2. The number of hydrazine groups is 1. The molecule has 0 aliphatic rings. The van der Waals surface area contributed by atoms with Gasteiger partial charge < -0.3 is 10.2 Å². The van der Waals surface area contributed by atoms with E-state index in [1.165, 1.54) is 12.1 Å². The minimum atomic E-state index is -0.622. The van der Waals surface area contributed by atoms with Gasteiger partial charge in [-0.3, -0.25) is 10.1 Å². The zero-order valence-electron chi connectivity index (χ0n) is 9.84. The predicted octanol–water partition coefficient (Wildman–Crippen LogP) is 3.37. The third-order valence-electron chi connectivity index (χ3n) is 2.28. The quantitative estimate of drug-likeness (QED) is 0.509. The van der Waals surface area contributed by atoms with Gasteiger partial charge >= 0.3 is 5.69 Å². The van der Waals surface area contributed by atoms with Crippen molar-refractivity contribution in [2.45, 2.75) is 0 Å². The highest BCUT2D eigenvalue weighted by molar-refractivity contribution is 6.42. The van der Waals surface area contributed by atoms with Gasteiger partial charge in [0.2, 0.25) is 11.6 Å². The van der Waals surface area contributed by atoms with Crippen molar-refractivity contribution in [1.82, 2.24) is 4.98 Å². The number of nitrogen functional groups attached to an aromatic ring is 1. The lowest BCUT2D eigenvalue weighted by molar-refractivity contribution is -0.385. The molecule has 9 heteroatoms. The van der Waals surface area contributed by atoms with Gasteiger partial charge in [-0.25, -0.2) is 5.84 Å². The van der Waals surface area contributed by atoms with Gasteiger partial charge in [0, 0.05) is 18.2 Å². The molecular formula is C11H8Cl2N4O3. The standard InChI is InChI=1S/C11H8Cl2N4O3/c12-6-4-8(17(18)19)9(5-7(6)13)20-11-3-1-2-10(15-11)16-14/h1-5H,14H2,(H,15,16). The highest BCUT2D eigenvalue weighted by Gasteiger charge is 2.19. The van der Waals surface area contributed by atoms with Gasteiger partial charge in [0.1, 0.15) is 5.82 Å². The Kier molecular flexibility index (Phi) is 4.23. The topological polar surface area (TPSA) is 103 Å². The number of hydrogen-bond donors (Lipinski definition) is 2. The zero-order chi connectivity index (χ0) is 14.7. The molecule has 1 aromatic heterocycles. The number of benzene rings is 1. The van der Waals surface area contributed by atoms with Gasteiger partial charge in [-0.2, -0.15) is 4.98 Å². The van der Waals surface area contributed by atoms with Crippen LogP contribution in [0.5, 0.6) is 11.6 Å². The summed E-state index contributed by atoms with van der Waals surface area (Å²) in [6.07, 6.45) is 0. The van der Waals surface area contributed by atoms with E-state index in [9.17, 15) is 10.1 Å². The number of aromatic nitrogens is 1. The second-order valence-electron chi connectivity index (χ2n) is 3.60. The smallest absolute Gasteiger partial charge is 0.313 e. The molecule has 0 fully saturated rings. The van der Waals surface area contributed by atoms with Crippen LogP contribution in [0.15, 0.2) is 30.3 Å². The number of ether oxygens (including phenoxy) is 1. The monoisotopic (exact) mass is 314 g/mol. The van der Waals surface area contributed by atoms with E-state index in [1.807, 2.05) is 0 Å². The van der Waals surface area contributed by atoms with Crippen molar-refractivity contribution in [3.05, 3.63) is 50.5 Å². The fraction of sp³-hybridized carbons (Fsp3) is 0. The van der Waals surface area contributed by atoms with E-state index in [1.54, 1.807) is 12.1 Å². The first-order valence-corrected chi connectivity index (χ1v) is 6.02. The van der Waals surface area contributed by atoms with E-state index >= 15 is 0 Å². The summed E-state index contributed by atoms with van der Waals surface area (Å²) in [5.41, 5.74) is 2.03. The van der Waals surface area contributed by atoms with Crippen molar-refractivity contribution < 1.29 is 9.66 Å². The molecule has 1 aromatic carbocycles. The van der Waals surface area contributed by atoms with Crippen molar-refractivity contribution >= 4 is 34.7 Å². The molecule has 0 spiro atoms. The van der Waals surface area contributed by atoms with Crippen molar-refractivity contribution in [2.75, 3.05) is 5.43 Å². The Morgan fingerprint density at radius 2 is 2.00 bits per heavy atom. The molecule has 0 saturated heterocycles. The Balaban J connectivity index is 2.41. The molecule has 0 atom stereocenters. The average molecular weight is 315 g/mol. The van der Waals surface area contributed by atoms with E-state index in [-0.39, 0.29) is 27.4 Å². The Morgan fingerprint density at radius 3 is 2.65 bits per heavy atom. The molecule has 2 rings (SSSR count). The van der Waals surface area contributed by atoms with Crippen LogP contribution < -0.4 is 16.0 Å². The van der Waals surface area contributed by atoms with Crippen LogP contribution in [0.2, 0.25) is 10.0 Å². The number of halogens is 2. The number of nitrogens with one attached hydrogen (secondary N) is 1. The second-order valence-corrected chi connectivity index (χ2v) is 4.41. The molecule has 3 N–H and O–H groups in total. The molecule has 0 bridgehead atoms. The predicted molar refractivity (Wildman–Crippen MR) is 75.2 cm³/mol. The first-order chi connectivity index (χ1) is 9.51. The van der Waals surface area contributed by atoms with Gasteiger partial charge in [-0.15, -0.1) is 0 Å². The van der Waals surface area contributed by atoms with E-state index in [0.29, 0.717) is 5.82 Å². The molecule has 20 heavy (non-hydrogen) atoms. The van der Waals surface area contributed by atoms with Crippen LogP contribution in [0, 0.1) is 10.1 Å². The molecule has 0 unspecified atom stereocenters. The number of nitrogens with zero attached hydrogens (tertiary/aromatic N) is 2. The number of nitrogens with two attached hydrogens (primary N) is 1. The number of pyridine rings is 1. The molecule has 104 valence electrons. The number of nitro benzene ring substituents is 1. The second kappa shape index (κ2) is 5.91. The molecule has 2 aromatic rings. The summed E-state index contributed by atoms with van der Waals surface area (Å²) < 4.78 is 5.36. The van der Waals surface area contributed by atoms with Gasteiger partial charge in [-0.05, 0) is 6.07 Å². The van der Waals surface area contributed by atoms with E-state index in [0.717, 1.165) is 6.07 Å². The number of nitro groups is 1. The first kappa shape index (κ1) is 14.3. The third-order valence-corrected chi connectivity index (χ3v) is 3.01. The highest BCUT2D eigenvalue weighted by Crippen LogP contribution is 2.37. The molecule has 0 radical (unpaired) electrons. The lowest BCUT2D eigenvalue weighted by Gasteiger charge is -2.08. The lowest BCUT2D eigenvalue weighted by atomic mass is 10.3. The average Bonchev–Trinajstić information content (AvgIpc) is 2.42. The number of hydrogen-bond acceptors (Lipinski definition) is 6. The van der Waals surface area contributed by atoms with Crippen molar-refractivity contribution in [3.63, 3.8) is 0 Å². The lowest BCUT2D eigenvalue weighted by Crippen LogP contribution is -2.08.